The Morgan fingerprint density at radius 2 is 0.974 bits per heavy atom. The number of carbonyl (C=O) groups excluding carboxylic acids is 2. The predicted octanol–water partition coefficient (Wildman–Crippen LogP) is 7.62. The highest BCUT2D eigenvalue weighted by molar-refractivity contribution is 6.13. The molecule has 0 aromatic rings. The maximum absolute atomic E-state index is 13.3. The topological polar surface area (TPSA) is 74.6 Å². The van der Waals surface area contributed by atoms with E-state index < -0.39 is 0 Å². The third kappa shape index (κ3) is 9.93. The van der Waals surface area contributed by atoms with E-state index in [-0.39, 0.29) is 46.4 Å². The van der Waals surface area contributed by atoms with Gasteiger partial charge < -0.3 is 10.2 Å². The minimum absolute atomic E-state index is 0.0485. The number of unbranched alkanes of at least 4 members (excludes halogenated alkanes) is 2. The van der Waals surface area contributed by atoms with Gasteiger partial charge in [0.1, 0.15) is 0 Å². The second kappa shape index (κ2) is 12.9. The second-order valence-electron chi connectivity index (χ2n) is 14.2. The number of hydrogen-bond acceptors (Lipinski definition) is 4. The van der Waals surface area contributed by atoms with E-state index in [2.05, 4.69) is 67.5 Å². The van der Waals surface area contributed by atoms with Crippen molar-refractivity contribution in [3.63, 3.8) is 0 Å². The Kier molecular flexibility index (Phi) is 10.9. The van der Waals surface area contributed by atoms with Crippen molar-refractivity contribution in [2.45, 2.75) is 107 Å². The fraction of sp³-hybridized carbons (Fsp3) is 0.647. The van der Waals surface area contributed by atoms with Gasteiger partial charge in [0.2, 0.25) is 0 Å². The van der Waals surface area contributed by atoms with Crippen molar-refractivity contribution in [3.8, 4) is 0 Å². The van der Waals surface area contributed by atoms with Crippen molar-refractivity contribution in [1.82, 2.24) is 0 Å². The van der Waals surface area contributed by atoms with Crippen LogP contribution in [0.2, 0.25) is 0 Å². The highest BCUT2D eigenvalue weighted by Gasteiger charge is 2.28. The first-order chi connectivity index (χ1) is 17.5. The molecule has 0 aromatic carbocycles. The third-order valence-corrected chi connectivity index (χ3v) is 7.65. The van der Waals surface area contributed by atoms with Gasteiger partial charge in [-0.25, -0.2) is 0 Å². The molecular formula is C34H52O4. The average molecular weight is 525 g/mol. The highest BCUT2D eigenvalue weighted by atomic mass is 16.3. The summed E-state index contributed by atoms with van der Waals surface area (Å²) in [7, 11) is 0. The summed E-state index contributed by atoms with van der Waals surface area (Å²) in [6.45, 7) is 17.0. The molecule has 4 nitrogen and oxygen atoms in total. The van der Waals surface area contributed by atoms with Crippen molar-refractivity contribution in [2.75, 3.05) is 13.2 Å². The number of Topliss-reactive ketones (excluding diaryl/α,β-unsaturated/α-hetero) is 2. The third-order valence-electron chi connectivity index (χ3n) is 7.65. The number of allylic oxidation sites excluding steroid dienone is 10. The fourth-order valence-electron chi connectivity index (χ4n) is 5.21. The Balaban J connectivity index is 2.08. The molecule has 0 spiro atoms. The monoisotopic (exact) mass is 524 g/mol. The zero-order valence-corrected chi connectivity index (χ0v) is 25.2. The molecule has 4 heteroatoms. The Labute approximate surface area is 231 Å². The van der Waals surface area contributed by atoms with Gasteiger partial charge in [-0.15, -0.1) is 0 Å². The molecule has 0 bridgehead atoms. The molecule has 0 fully saturated rings. The molecule has 0 amide bonds. The average Bonchev–Trinajstić information content (AvgIpc) is 2.82. The Morgan fingerprint density at radius 3 is 1.29 bits per heavy atom. The first kappa shape index (κ1) is 32.2. The summed E-state index contributed by atoms with van der Waals surface area (Å²) in [5.41, 5.74) is 2.35. The molecule has 0 saturated heterocycles. The van der Waals surface area contributed by atoms with Crippen LogP contribution in [0.4, 0.5) is 0 Å². The van der Waals surface area contributed by atoms with Gasteiger partial charge in [-0.3, -0.25) is 9.59 Å². The smallest absolute Gasteiger partial charge is 0.188 e. The Hall–Kier alpha value is -2.04. The van der Waals surface area contributed by atoms with Crippen molar-refractivity contribution < 1.29 is 19.8 Å². The van der Waals surface area contributed by atoms with E-state index in [4.69, 9.17) is 0 Å². The summed E-state index contributed by atoms with van der Waals surface area (Å²) in [6.07, 6.45) is 18.9. The summed E-state index contributed by atoms with van der Waals surface area (Å²) in [4.78, 5) is 26.7. The number of ketones is 2. The summed E-state index contributed by atoms with van der Waals surface area (Å²) in [6, 6.07) is 0. The van der Waals surface area contributed by atoms with E-state index >= 15 is 0 Å². The molecule has 2 aliphatic carbocycles. The molecular weight excluding hydrogens is 472 g/mol. The van der Waals surface area contributed by atoms with Crippen LogP contribution in [0.1, 0.15) is 107 Å². The molecule has 0 unspecified atom stereocenters. The maximum atomic E-state index is 13.3. The first-order valence-corrected chi connectivity index (χ1v) is 14.4. The summed E-state index contributed by atoms with van der Waals surface area (Å²) < 4.78 is 0. The van der Waals surface area contributed by atoms with Gasteiger partial charge in [0.15, 0.2) is 11.6 Å². The summed E-state index contributed by atoms with van der Waals surface area (Å²) in [5.74, 6) is 0.0970. The molecule has 0 aliphatic heterocycles. The van der Waals surface area contributed by atoms with Gasteiger partial charge in [-0.2, -0.15) is 0 Å². The first-order valence-electron chi connectivity index (χ1n) is 14.4. The van der Waals surface area contributed by atoms with Gasteiger partial charge in [-0.05, 0) is 60.5 Å². The molecule has 0 aromatic heterocycles. The van der Waals surface area contributed by atoms with Crippen LogP contribution >= 0.6 is 0 Å². The van der Waals surface area contributed by atoms with Crippen molar-refractivity contribution in [1.29, 1.82) is 0 Å². The van der Waals surface area contributed by atoms with Crippen LogP contribution in [0.15, 0.2) is 58.7 Å². The number of rotatable bonds is 14. The van der Waals surface area contributed by atoms with Gasteiger partial charge in [-0.1, -0.05) is 105 Å². The van der Waals surface area contributed by atoms with E-state index in [1.54, 1.807) is 0 Å². The lowest BCUT2D eigenvalue weighted by Crippen LogP contribution is -2.20. The molecule has 0 atom stereocenters. The normalized spacial score (nSPS) is 19.8. The zero-order valence-electron chi connectivity index (χ0n) is 25.2. The molecule has 0 radical (unpaired) electrons. The van der Waals surface area contributed by atoms with Crippen LogP contribution < -0.4 is 0 Å². The lowest BCUT2D eigenvalue weighted by atomic mass is 9.77. The minimum Gasteiger partial charge on any atom is -0.396 e. The Bertz CT molecular complexity index is 943. The fourth-order valence-corrected chi connectivity index (χ4v) is 5.21. The SMILES string of the molecule is CC1(C)C=C(/C=C/C2=CC(C)(C)C=C(CCCCC(C)(C)CO)C2=O)C(=O)C(CCCCC(C)(C)CO)=C1. The molecule has 2 N–H and O–H groups in total. The number of hydrogen-bond donors (Lipinski definition) is 2. The largest absolute Gasteiger partial charge is 0.396 e. The highest BCUT2D eigenvalue weighted by Crippen LogP contribution is 2.35. The van der Waals surface area contributed by atoms with Crippen molar-refractivity contribution in [3.05, 3.63) is 58.7 Å². The number of aliphatic hydroxyl groups is 2. The molecule has 0 saturated carbocycles. The van der Waals surface area contributed by atoms with E-state index in [1.165, 1.54) is 0 Å². The minimum atomic E-state index is -0.231. The van der Waals surface area contributed by atoms with Crippen LogP contribution in [0, 0.1) is 21.7 Å². The van der Waals surface area contributed by atoms with E-state index in [9.17, 15) is 19.8 Å². The van der Waals surface area contributed by atoms with Gasteiger partial charge >= 0.3 is 0 Å². The van der Waals surface area contributed by atoms with Gasteiger partial charge in [0.25, 0.3) is 0 Å². The van der Waals surface area contributed by atoms with E-state index in [1.807, 2.05) is 24.3 Å². The molecule has 212 valence electrons. The van der Waals surface area contributed by atoms with Crippen LogP contribution in [-0.2, 0) is 9.59 Å². The lowest BCUT2D eigenvalue weighted by Gasteiger charge is -2.26. The quantitative estimate of drug-likeness (QED) is 0.229. The van der Waals surface area contributed by atoms with E-state index in [0.29, 0.717) is 11.1 Å². The number of aliphatic hydroxyl groups excluding tert-OH is 2. The predicted molar refractivity (Wildman–Crippen MR) is 158 cm³/mol. The van der Waals surface area contributed by atoms with Crippen LogP contribution in [0.3, 0.4) is 0 Å². The zero-order chi connectivity index (χ0) is 28.8. The van der Waals surface area contributed by atoms with Crippen molar-refractivity contribution in [2.24, 2.45) is 21.7 Å². The molecule has 2 aliphatic rings. The molecule has 0 heterocycles. The molecule has 38 heavy (non-hydrogen) atoms. The molecule has 2 rings (SSSR count). The lowest BCUT2D eigenvalue weighted by molar-refractivity contribution is -0.113. The second-order valence-corrected chi connectivity index (χ2v) is 14.2. The van der Waals surface area contributed by atoms with Gasteiger partial charge in [0, 0.05) is 35.2 Å². The van der Waals surface area contributed by atoms with Crippen LogP contribution in [0.25, 0.3) is 0 Å². The van der Waals surface area contributed by atoms with Crippen LogP contribution in [-0.4, -0.2) is 35.0 Å². The maximum Gasteiger partial charge on any atom is 0.188 e. The standard InChI is InChI=1S/C34H52O4/c1-31(2,23-35)17-11-9-13-25-19-33(5,6)21-27(29(25)37)15-16-28-22-34(7,8)20-26(30(28)38)14-10-12-18-32(3,4)24-36/h15-16,19-22,35-36H,9-14,17-18,23-24H2,1-8H3/b16-15+. The van der Waals surface area contributed by atoms with Crippen molar-refractivity contribution >= 4 is 11.6 Å². The van der Waals surface area contributed by atoms with Crippen LogP contribution in [0.5, 0.6) is 0 Å². The Morgan fingerprint density at radius 1 is 0.632 bits per heavy atom. The van der Waals surface area contributed by atoms with Gasteiger partial charge in [0.05, 0.1) is 0 Å². The number of carbonyl (C=O) groups is 2. The summed E-state index contributed by atoms with van der Waals surface area (Å²) in [5, 5.41) is 19.0. The van der Waals surface area contributed by atoms with E-state index in [0.717, 1.165) is 62.5 Å². The summed E-state index contributed by atoms with van der Waals surface area (Å²) >= 11 is 0.